The summed E-state index contributed by atoms with van der Waals surface area (Å²) in [5, 5.41) is 1.98. The molecule has 0 saturated carbocycles. The van der Waals surface area contributed by atoms with E-state index in [4.69, 9.17) is 14.1 Å². The van der Waals surface area contributed by atoms with Gasteiger partial charge in [0.1, 0.15) is 17.1 Å². The van der Waals surface area contributed by atoms with Crippen LogP contribution >= 0.6 is 0 Å². The molecule has 1 aromatic heterocycles. The van der Waals surface area contributed by atoms with Gasteiger partial charge in [-0.3, -0.25) is 0 Å². The normalized spacial score (nSPS) is 11.8. The van der Waals surface area contributed by atoms with Crippen LogP contribution in [0.15, 0.2) is 76.1 Å². The van der Waals surface area contributed by atoms with Crippen LogP contribution < -0.4 is 10.1 Å². The van der Waals surface area contributed by atoms with Gasteiger partial charge in [0.15, 0.2) is 0 Å². The average Bonchev–Trinajstić information content (AvgIpc) is 2.78. The third-order valence-corrected chi connectivity index (χ3v) is 5.57. The predicted molar refractivity (Wildman–Crippen MR) is 128 cm³/mol. The van der Waals surface area contributed by atoms with Crippen LogP contribution in [-0.2, 0) is 6.42 Å². The molecule has 0 saturated heterocycles. The van der Waals surface area contributed by atoms with Crippen molar-refractivity contribution in [3.63, 3.8) is 0 Å². The van der Waals surface area contributed by atoms with Gasteiger partial charge in [-0.1, -0.05) is 31.5 Å². The second-order valence-electron chi connectivity index (χ2n) is 8.06. The zero-order valence-electron chi connectivity index (χ0n) is 18.7. The minimum atomic E-state index is 0.790. The monoisotopic (exact) mass is 411 g/mol. The third kappa shape index (κ3) is 4.72. The fraction of sp³-hybridized carbons (Fsp3) is 0.250. The van der Waals surface area contributed by atoms with E-state index in [0.29, 0.717) is 0 Å². The molecule has 4 aromatic rings. The number of benzene rings is 3. The average molecular weight is 412 g/mol. The first-order chi connectivity index (χ1) is 15.1. The van der Waals surface area contributed by atoms with E-state index in [1.54, 1.807) is 7.11 Å². The molecule has 0 bridgehead atoms. The quantitative estimate of drug-likeness (QED) is 0.334. The highest BCUT2D eigenvalue weighted by Crippen LogP contribution is 2.27. The number of rotatable bonds is 6. The van der Waals surface area contributed by atoms with E-state index in [1.165, 1.54) is 29.5 Å². The smallest absolute Gasteiger partial charge is 0.137 e. The molecule has 0 aliphatic rings. The Morgan fingerprint density at radius 3 is 2.32 bits per heavy atom. The van der Waals surface area contributed by atoms with Crippen molar-refractivity contribution in [2.24, 2.45) is 4.99 Å². The van der Waals surface area contributed by atoms with E-state index in [9.17, 15) is 0 Å². The first-order valence-corrected chi connectivity index (χ1v) is 10.9. The summed E-state index contributed by atoms with van der Waals surface area (Å²) in [6, 6.07) is 22.8. The van der Waals surface area contributed by atoms with Crippen LogP contribution in [0.5, 0.6) is 5.75 Å². The Kier molecular flexibility index (Phi) is 6.22. The van der Waals surface area contributed by atoms with Gasteiger partial charge >= 0.3 is 0 Å². The minimum Gasteiger partial charge on any atom is -0.497 e. The topological polar surface area (TPSA) is 34.7 Å². The molecule has 0 aliphatic heterocycles. The van der Waals surface area contributed by atoms with Crippen molar-refractivity contribution >= 4 is 16.7 Å². The molecule has 0 aliphatic carbocycles. The van der Waals surface area contributed by atoms with Crippen molar-refractivity contribution < 1.29 is 9.15 Å². The lowest BCUT2D eigenvalue weighted by atomic mass is 10.0. The second kappa shape index (κ2) is 9.22. The molecule has 0 spiro atoms. The van der Waals surface area contributed by atoms with Crippen LogP contribution in [-0.4, -0.2) is 7.11 Å². The standard InChI is InChI=1S/C28H29NO2/c1-5-6-7-21-8-12-23(13-9-21)29-25-18-26(22-10-14-24(30-4)15-11-22)31-27-17-19(2)16-20(3)28(25)27/h8-18H,5-7H2,1-4H3. The van der Waals surface area contributed by atoms with Crippen molar-refractivity contribution in [1.82, 2.24) is 0 Å². The van der Waals surface area contributed by atoms with E-state index >= 15 is 0 Å². The summed E-state index contributed by atoms with van der Waals surface area (Å²) in [5.41, 5.74) is 6.50. The lowest BCUT2D eigenvalue weighted by Gasteiger charge is -2.09. The fourth-order valence-electron chi connectivity index (χ4n) is 3.92. The fourth-order valence-corrected chi connectivity index (χ4v) is 3.92. The summed E-state index contributed by atoms with van der Waals surface area (Å²) in [7, 11) is 1.67. The molecule has 0 amide bonds. The van der Waals surface area contributed by atoms with Gasteiger partial charge in [-0.25, -0.2) is 4.99 Å². The summed E-state index contributed by atoms with van der Waals surface area (Å²) in [6.45, 7) is 6.43. The predicted octanol–water partition coefficient (Wildman–Crippen LogP) is 7.30. The van der Waals surface area contributed by atoms with Gasteiger partial charge in [0.2, 0.25) is 0 Å². The lowest BCUT2D eigenvalue weighted by Crippen LogP contribution is -2.05. The number of ether oxygens (including phenoxy) is 1. The summed E-state index contributed by atoms with van der Waals surface area (Å²) in [6.07, 6.45) is 3.54. The zero-order valence-corrected chi connectivity index (χ0v) is 18.7. The number of unbranched alkanes of at least 4 members (excludes halogenated alkanes) is 1. The summed E-state index contributed by atoms with van der Waals surface area (Å²) in [5.74, 6) is 1.61. The number of aryl methyl sites for hydroxylation is 3. The van der Waals surface area contributed by atoms with Gasteiger partial charge in [-0.2, -0.15) is 0 Å². The van der Waals surface area contributed by atoms with Crippen molar-refractivity contribution in [2.75, 3.05) is 7.11 Å². The Hall–Kier alpha value is -3.33. The van der Waals surface area contributed by atoms with Crippen molar-refractivity contribution in [2.45, 2.75) is 40.0 Å². The Labute approximate surface area is 184 Å². The number of methoxy groups -OCH3 is 1. The van der Waals surface area contributed by atoms with Crippen LogP contribution in [0.4, 0.5) is 5.69 Å². The first-order valence-electron chi connectivity index (χ1n) is 10.9. The molecule has 0 fully saturated rings. The van der Waals surface area contributed by atoms with Gasteiger partial charge in [-0.15, -0.1) is 0 Å². The molecule has 3 heteroatoms. The maximum absolute atomic E-state index is 6.32. The lowest BCUT2D eigenvalue weighted by molar-refractivity contribution is 0.415. The van der Waals surface area contributed by atoms with Crippen LogP contribution in [0.25, 0.3) is 22.3 Å². The Bertz CT molecular complexity index is 1250. The SMILES string of the molecule is CCCCc1ccc(N=c2cc(-c3ccc(OC)cc3)oc3cc(C)cc(C)c23)cc1. The highest BCUT2D eigenvalue weighted by molar-refractivity contribution is 5.82. The highest BCUT2D eigenvalue weighted by atomic mass is 16.5. The van der Waals surface area contributed by atoms with E-state index in [-0.39, 0.29) is 0 Å². The molecule has 158 valence electrons. The van der Waals surface area contributed by atoms with Gasteiger partial charge in [-0.05, 0) is 85.8 Å². The summed E-state index contributed by atoms with van der Waals surface area (Å²) >= 11 is 0. The van der Waals surface area contributed by atoms with Crippen molar-refractivity contribution in [3.05, 3.63) is 88.8 Å². The molecule has 3 aromatic carbocycles. The maximum atomic E-state index is 6.32. The molecular weight excluding hydrogens is 382 g/mol. The number of hydrogen-bond acceptors (Lipinski definition) is 3. The van der Waals surface area contributed by atoms with E-state index in [2.05, 4.69) is 57.2 Å². The number of nitrogens with zero attached hydrogens (tertiary/aromatic N) is 1. The Morgan fingerprint density at radius 1 is 0.903 bits per heavy atom. The molecule has 0 N–H and O–H groups in total. The van der Waals surface area contributed by atoms with E-state index < -0.39 is 0 Å². The van der Waals surface area contributed by atoms with Gasteiger partial charge in [0.05, 0.1) is 18.2 Å². The van der Waals surface area contributed by atoms with Crippen LogP contribution in [0.2, 0.25) is 0 Å². The second-order valence-corrected chi connectivity index (χ2v) is 8.06. The van der Waals surface area contributed by atoms with E-state index in [0.717, 1.165) is 45.5 Å². The Morgan fingerprint density at radius 2 is 1.65 bits per heavy atom. The van der Waals surface area contributed by atoms with Gasteiger partial charge in [0, 0.05) is 17.0 Å². The van der Waals surface area contributed by atoms with Crippen molar-refractivity contribution in [3.8, 4) is 17.1 Å². The molecule has 4 rings (SSSR count). The zero-order chi connectivity index (χ0) is 21.8. The largest absolute Gasteiger partial charge is 0.497 e. The number of hydrogen-bond donors (Lipinski definition) is 0. The minimum absolute atomic E-state index is 0.790. The maximum Gasteiger partial charge on any atom is 0.137 e. The van der Waals surface area contributed by atoms with Crippen LogP contribution in [0.3, 0.4) is 0 Å². The summed E-state index contributed by atoms with van der Waals surface area (Å²) in [4.78, 5) is 5.02. The molecular formula is C28H29NO2. The molecule has 0 radical (unpaired) electrons. The molecule has 0 unspecified atom stereocenters. The number of fused-ring (bicyclic) bond motifs is 1. The third-order valence-electron chi connectivity index (χ3n) is 5.57. The van der Waals surface area contributed by atoms with Gasteiger partial charge < -0.3 is 9.15 Å². The molecule has 31 heavy (non-hydrogen) atoms. The van der Waals surface area contributed by atoms with Crippen LogP contribution in [0, 0.1) is 13.8 Å². The molecule has 0 atom stereocenters. The van der Waals surface area contributed by atoms with Crippen molar-refractivity contribution in [1.29, 1.82) is 0 Å². The Balaban J connectivity index is 1.86. The van der Waals surface area contributed by atoms with E-state index in [1.807, 2.05) is 30.3 Å². The summed E-state index contributed by atoms with van der Waals surface area (Å²) < 4.78 is 11.6. The first kappa shape index (κ1) is 20.9. The molecule has 3 nitrogen and oxygen atoms in total. The van der Waals surface area contributed by atoms with Gasteiger partial charge in [0.25, 0.3) is 0 Å². The van der Waals surface area contributed by atoms with Crippen LogP contribution in [0.1, 0.15) is 36.5 Å². The highest BCUT2D eigenvalue weighted by Gasteiger charge is 2.09. The molecule has 1 heterocycles.